The molecule has 1 aromatic rings. The normalized spacial score (nSPS) is 18.8. The molecule has 0 spiro atoms. The van der Waals surface area contributed by atoms with E-state index in [0.717, 1.165) is 4.47 Å². The summed E-state index contributed by atoms with van der Waals surface area (Å²) in [4.78, 5) is 0.285. The first-order valence-electron chi connectivity index (χ1n) is 3.63. The lowest BCUT2D eigenvalue weighted by Crippen LogP contribution is -2.34. The van der Waals surface area contributed by atoms with Crippen molar-refractivity contribution in [2.24, 2.45) is 0 Å². The maximum absolute atomic E-state index is 11.5. The molecule has 1 heterocycles. The first-order chi connectivity index (χ1) is 6.11. The van der Waals surface area contributed by atoms with E-state index >= 15 is 0 Å². The quantitative estimate of drug-likeness (QED) is 0.737. The number of fused-ring (bicyclic) bond motifs is 1. The molecule has 0 atom stereocenters. The highest BCUT2D eigenvalue weighted by Crippen LogP contribution is 2.31. The van der Waals surface area contributed by atoms with Crippen LogP contribution in [0.25, 0.3) is 0 Å². The fourth-order valence-electron chi connectivity index (χ4n) is 1.20. The highest BCUT2D eigenvalue weighted by molar-refractivity contribution is 9.10. The molecule has 0 aromatic heterocycles. The van der Waals surface area contributed by atoms with Crippen LogP contribution < -0.4 is 10.0 Å². The summed E-state index contributed by atoms with van der Waals surface area (Å²) in [5, 5.41) is 2.95. The Bertz CT molecular complexity index is 444. The van der Waals surface area contributed by atoms with Crippen molar-refractivity contribution in [2.75, 3.05) is 12.0 Å². The molecule has 0 amide bonds. The van der Waals surface area contributed by atoms with Gasteiger partial charge in [0.25, 0.3) is 0 Å². The average molecular weight is 263 g/mol. The number of nitrogens with one attached hydrogen (secondary N) is 2. The number of sulfonamides is 1. The van der Waals surface area contributed by atoms with Crippen LogP contribution in [0.3, 0.4) is 0 Å². The molecule has 0 aliphatic carbocycles. The van der Waals surface area contributed by atoms with Gasteiger partial charge in [-0.1, -0.05) is 6.07 Å². The molecule has 2 rings (SSSR count). The Morgan fingerprint density at radius 1 is 1.38 bits per heavy atom. The van der Waals surface area contributed by atoms with E-state index in [-0.39, 0.29) is 11.6 Å². The number of benzene rings is 1. The van der Waals surface area contributed by atoms with Crippen LogP contribution >= 0.6 is 15.9 Å². The topological polar surface area (TPSA) is 58.2 Å². The highest BCUT2D eigenvalue weighted by atomic mass is 79.9. The molecule has 0 saturated carbocycles. The van der Waals surface area contributed by atoms with Gasteiger partial charge in [0.05, 0.1) is 12.4 Å². The smallest absolute Gasteiger partial charge is 0.244 e. The third-order valence-electron chi connectivity index (χ3n) is 1.79. The predicted octanol–water partition coefficient (Wildman–Crippen LogP) is 1.11. The Balaban J connectivity index is 2.73. The number of hydrogen-bond acceptors (Lipinski definition) is 3. The maximum Gasteiger partial charge on any atom is 0.244 e. The van der Waals surface area contributed by atoms with Crippen LogP contribution in [0.15, 0.2) is 27.6 Å². The molecule has 1 aromatic carbocycles. The van der Waals surface area contributed by atoms with Crippen LogP contribution in [0.2, 0.25) is 0 Å². The molecule has 0 saturated heterocycles. The van der Waals surface area contributed by atoms with Gasteiger partial charge in [-0.15, -0.1) is 0 Å². The van der Waals surface area contributed by atoms with Crippen LogP contribution in [0, 0.1) is 0 Å². The summed E-state index contributed by atoms with van der Waals surface area (Å²) in [6.45, 7) is 0.234. The van der Waals surface area contributed by atoms with Crippen molar-refractivity contribution in [1.82, 2.24) is 4.72 Å². The van der Waals surface area contributed by atoms with Gasteiger partial charge in [-0.3, -0.25) is 0 Å². The molecule has 0 unspecified atom stereocenters. The monoisotopic (exact) mass is 262 g/mol. The number of halogens is 1. The van der Waals surface area contributed by atoms with Gasteiger partial charge in [0.1, 0.15) is 4.90 Å². The first-order valence-corrected chi connectivity index (χ1v) is 5.91. The third-order valence-corrected chi connectivity index (χ3v) is 3.90. The number of hydrogen-bond donors (Lipinski definition) is 2. The zero-order valence-electron chi connectivity index (χ0n) is 6.54. The van der Waals surface area contributed by atoms with Crippen LogP contribution in [0.1, 0.15) is 0 Å². The number of anilines is 1. The summed E-state index contributed by atoms with van der Waals surface area (Å²) in [5.74, 6) is 0. The van der Waals surface area contributed by atoms with Crippen molar-refractivity contribution in [3.05, 3.63) is 22.7 Å². The van der Waals surface area contributed by atoms with E-state index in [0.29, 0.717) is 5.69 Å². The van der Waals surface area contributed by atoms with Crippen molar-refractivity contribution < 1.29 is 8.42 Å². The summed E-state index contributed by atoms with van der Waals surface area (Å²) in [5.41, 5.74) is 0.626. The summed E-state index contributed by atoms with van der Waals surface area (Å²) in [6, 6.07) is 5.05. The Kier molecular flexibility index (Phi) is 2.05. The van der Waals surface area contributed by atoms with Gasteiger partial charge in [0.15, 0.2) is 0 Å². The first kappa shape index (κ1) is 8.98. The molecule has 0 bridgehead atoms. The largest absolute Gasteiger partial charge is 0.370 e. The number of para-hydroxylation sites is 1. The number of rotatable bonds is 0. The summed E-state index contributed by atoms with van der Waals surface area (Å²) in [6.07, 6.45) is 0. The molecule has 1 aliphatic heterocycles. The van der Waals surface area contributed by atoms with Crippen molar-refractivity contribution in [3.63, 3.8) is 0 Å². The Labute approximate surface area is 84.5 Å². The highest BCUT2D eigenvalue weighted by Gasteiger charge is 2.23. The summed E-state index contributed by atoms with van der Waals surface area (Å²) >= 11 is 3.28. The van der Waals surface area contributed by atoms with Crippen molar-refractivity contribution >= 4 is 31.6 Å². The fraction of sp³-hybridized carbons (Fsp3) is 0.143. The zero-order valence-corrected chi connectivity index (χ0v) is 8.94. The fourth-order valence-corrected chi connectivity index (χ4v) is 2.96. The van der Waals surface area contributed by atoms with Gasteiger partial charge in [-0.2, -0.15) is 4.72 Å². The Morgan fingerprint density at radius 3 is 2.85 bits per heavy atom. The lowest BCUT2D eigenvalue weighted by Gasteiger charge is -2.19. The van der Waals surface area contributed by atoms with E-state index in [1.807, 2.05) is 0 Å². The SMILES string of the molecule is O=S1(=O)NCNc2c(Br)cccc21. The van der Waals surface area contributed by atoms with Gasteiger partial charge in [0.2, 0.25) is 10.0 Å². The van der Waals surface area contributed by atoms with Crippen LogP contribution in [-0.2, 0) is 10.0 Å². The van der Waals surface area contributed by atoms with E-state index in [2.05, 4.69) is 26.0 Å². The summed E-state index contributed by atoms with van der Waals surface area (Å²) < 4.78 is 26.0. The van der Waals surface area contributed by atoms with E-state index < -0.39 is 10.0 Å². The van der Waals surface area contributed by atoms with Gasteiger partial charge in [-0.05, 0) is 28.1 Å². The Hall–Kier alpha value is -0.590. The standard InChI is InChI=1S/C7H7BrN2O2S/c8-5-2-1-3-6-7(5)9-4-10-13(6,11)12/h1-3,9-10H,4H2. The lowest BCUT2D eigenvalue weighted by atomic mass is 10.3. The van der Waals surface area contributed by atoms with Crippen molar-refractivity contribution in [3.8, 4) is 0 Å². The molecule has 4 nitrogen and oxygen atoms in total. The zero-order chi connectivity index (χ0) is 9.47. The average Bonchev–Trinajstić information content (AvgIpc) is 2.06. The molecule has 2 N–H and O–H groups in total. The molecular weight excluding hydrogens is 256 g/mol. The molecule has 6 heteroatoms. The van der Waals surface area contributed by atoms with Crippen LogP contribution in [0.4, 0.5) is 5.69 Å². The van der Waals surface area contributed by atoms with E-state index in [4.69, 9.17) is 0 Å². The van der Waals surface area contributed by atoms with Gasteiger partial charge >= 0.3 is 0 Å². The Morgan fingerprint density at radius 2 is 2.15 bits per heavy atom. The molecule has 0 fully saturated rings. The van der Waals surface area contributed by atoms with Gasteiger partial charge in [-0.25, -0.2) is 8.42 Å². The van der Waals surface area contributed by atoms with Gasteiger partial charge in [0, 0.05) is 4.47 Å². The second-order valence-electron chi connectivity index (χ2n) is 2.61. The molecular formula is C7H7BrN2O2S. The minimum absolute atomic E-state index is 0.234. The second-order valence-corrected chi connectivity index (χ2v) is 5.20. The van der Waals surface area contributed by atoms with E-state index in [1.165, 1.54) is 0 Å². The van der Waals surface area contributed by atoms with Crippen LogP contribution in [0.5, 0.6) is 0 Å². The minimum Gasteiger partial charge on any atom is -0.370 e. The molecule has 0 radical (unpaired) electrons. The van der Waals surface area contributed by atoms with E-state index in [1.54, 1.807) is 18.2 Å². The van der Waals surface area contributed by atoms with Crippen LogP contribution in [-0.4, -0.2) is 15.1 Å². The maximum atomic E-state index is 11.5. The minimum atomic E-state index is -3.31. The molecule has 1 aliphatic rings. The second kappa shape index (κ2) is 2.97. The van der Waals surface area contributed by atoms with E-state index in [9.17, 15) is 8.42 Å². The lowest BCUT2D eigenvalue weighted by molar-refractivity contribution is 0.581. The van der Waals surface area contributed by atoms with Gasteiger partial charge < -0.3 is 5.32 Å². The van der Waals surface area contributed by atoms with Crippen molar-refractivity contribution in [2.45, 2.75) is 4.90 Å². The molecule has 13 heavy (non-hydrogen) atoms. The van der Waals surface area contributed by atoms with Crippen molar-refractivity contribution in [1.29, 1.82) is 0 Å². The summed E-state index contributed by atoms with van der Waals surface area (Å²) in [7, 11) is -3.31. The predicted molar refractivity (Wildman–Crippen MR) is 53.0 cm³/mol. The molecule has 70 valence electrons. The third kappa shape index (κ3) is 1.45.